The van der Waals surface area contributed by atoms with Crippen LogP contribution in [0.15, 0.2) is 28.7 Å². The quantitative estimate of drug-likeness (QED) is 0.768. The molecule has 2 atom stereocenters. The molecule has 2 unspecified atom stereocenters. The zero-order valence-corrected chi connectivity index (χ0v) is 13.0. The van der Waals surface area contributed by atoms with Gasteiger partial charge >= 0.3 is 0 Å². The van der Waals surface area contributed by atoms with E-state index >= 15 is 0 Å². The molecule has 1 saturated carbocycles. The molecule has 0 bridgehead atoms. The molecule has 0 aliphatic heterocycles. The van der Waals surface area contributed by atoms with Gasteiger partial charge in [-0.1, -0.05) is 60.8 Å². The molecule has 1 N–H and O–H groups in total. The third kappa shape index (κ3) is 3.83. The maximum atomic E-state index is 3.71. The first-order valence-corrected chi connectivity index (χ1v) is 7.99. The van der Waals surface area contributed by atoms with Crippen molar-refractivity contribution in [3.05, 3.63) is 34.3 Å². The lowest BCUT2D eigenvalue weighted by molar-refractivity contribution is 0.402. The van der Waals surface area contributed by atoms with E-state index in [0.717, 1.165) is 18.5 Å². The zero-order chi connectivity index (χ0) is 13.0. The van der Waals surface area contributed by atoms with Crippen molar-refractivity contribution in [1.82, 2.24) is 5.32 Å². The molecule has 0 heterocycles. The van der Waals surface area contributed by atoms with E-state index in [1.165, 1.54) is 35.7 Å². The Morgan fingerprint density at radius 3 is 2.67 bits per heavy atom. The molecule has 0 aromatic heterocycles. The Balaban J connectivity index is 2.08. The van der Waals surface area contributed by atoms with Crippen molar-refractivity contribution in [2.75, 3.05) is 6.54 Å². The standard InChI is InChI=1S/C16H24BrN/c1-3-6-12(2)15(11-18-13-9-10-13)14-7-4-5-8-16(14)17/h4-5,7-8,12-13,15,18H,3,6,9-11H2,1-2H3. The fourth-order valence-electron chi connectivity index (χ4n) is 2.63. The van der Waals surface area contributed by atoms with Crippen LogP contribution in [0, 0.1) is 5.92 Å². The Labute approximate surface area is 119 Å². The molecule has 0 saturated heterocycles. The summed E-state index contributed by atoms with van der Waals surface area (Å²) >= 11 is 3.71. The minimum Gasteiger partial charge on any atom is -0.313 e. The predicted molar refractivity (Wildman–Crippen MR) is 82.0 cm³/mol. The van der Waals surface area contributed by atoms with E-state index in [1.54, 1.807) is 0 Å². The first-order valence-electron chi connectivity index (χ1n) is 7.20. The van der Waals surface area contributed by atoms with Crippen molar-refractivity contribution < 1.29 is 0 Å². The predicted octanol–water partition coefficient (Wildman–Crippen LogP) is 4.72. The fourth-order valence-corrected chi connectivity index (χ4v) is 3.21. The van der Waals surface area contributed by atoms with Crippen LogP contribution in [0.25, 0.3) is 0 Å². The van der Waals surface area contributed by atoms with Crippen LogP contribution in [0.2, 0.25) is 0 Å². The van der Waals surface area contributed by atoms with Crippen molar-refractivity contribution in [1.29, 1.82) is 0 Å². The van der Waals surface area contributed by atoms with E-state index in [0.29, 0.717) is 5.92 Å². The molecule has 0 spiro atoms. The Kier molecular flexibility index (Phi) is 5.25. The molecular formula is C16H24BrN. The summed E-state index contributed by atoms with van der Waals surface area (Å²) in [5.41, 5.74) is 1.46. The summed E-state index contributed by atoms with van der Waals surface area (Å²) in [4.78, 5) is 0. The third-order valence-corrected chi connectivity index (χ3v) is 4.66. The molecule has 2 rings (SSSR count). The van der Waals surface area contributed by atoms with Gasteiger partial charge in [0.15, 0.2) is 0 Å². The average Bonchev–Trinajstić information content (AvgIpc) is 3.16. The minimum atomic E-state index is 0.626. The molecule has 2 heteroatoms. The normalized spacial score (nSPS) is 18.6. The van der Waals surface area contributed by atoms with Crippen LogP contribution >= 0.6 is 15.9 Å². The van der Waals surface area contributed by atoms with Gasteiger partial charge < -0.3 is 5.32 Å². The number of halogens is 1. The molecule has 1 aromatic carbocycles. The van der Waals surface area contributed by atoms with Gasteiger partial charge in [-0.15, -0.1) is 0 Å². The summed E-state index contributed by atoms with van der Waals surface area (Å²) < 4.78 is 1.26. The van der Waals surface area contributed by atoms with Gasteiger partial charge in [0.2, 0.25) is 0 Å². The molecule has 0 radical (unpaired) electrons. The molecule has 0 amide bonds. The second-order valence-corrected chi connectivity index (χ2v) is 6.43. The molecule has 1 aliphatic carbocycles. The number of hydrogen-bond donors (Lipinski definition) is 1. The van der Waals surface area contributed by atoms with E-state index in [2.05, 4.69) is 59.4 Å². The van der Waals surface area contributed by atoms with Gasteiger partial charge in [0.25, 0.3) is 0 Å². The molecular weight excluding hydrogens is 286 g/mol. The maximum absolute atomic E-state index is 3.71. The topological polar surface area (TPSA) is 12.0 Å². The zero-order valence-electron chi connectivity index (χ0n) is 11.5. The van der Waals surface area contributed by atoms with Crippen molar-refractivity contribution in [3.8, 4) is 0 Å². The highest BCUT2D eigenvalue weighted by Crippen LogP contribution is 2.33. The molecule has 1 fully saturated rings. The SMILES string of the molecule is CCCC(C)C(CNC1CC1)c1ccccc1Br. The summed E-state index contributed by atoms with van der Waals surface area (Å²) in [5.74, 6) is 1.36. The van der Waals surface area contributed by atoms with Crippen LogP contribution in [0.3, 0.4) is 0 Å². The van der Waals surface area contributed by atoms with E-state index in [-0.39, 0.29) is 0 Å². The second kappa shape index (κ2) is 6.72. The van der Waals surface area contributed by atoms with Crippen LogP contribution in [-0.2, 0) is 0 Å². The Morgan fingerprint density at radius 2 is 2.06 bits per heavy atom. The first-order chi connectivity index (χ1) is 8.72. The van der Waals surface area contributed by atoms with E-state index in [1.807, 2.05) is 0 Å². The van der Waals surface area contributed by atoms with Crippen molar-refractivity contribution >= 4 is 15.9 Å². The Bertz CT molecular complexity index is 373. The highest BCUT2D eigenvalue weighted by Gasteiger charge is 2.25. The summed E-state index contributed by atoms with van der Waals surface area (Å²) in [6.45, 7) is 5.79. The second-order valence-electron chi connectivity index (χ2n) is 5.58. The van der Waals surface area contributed by atoms with Crippen molar-refractivity contribution in [3.63, 3.8) is 0 Å². The number of benzene rings is 1. The van der Waals surface area contributed by atoms with Gasteiger partial charge in [-0.2, -0.15) is 0 Å². The molecule has 1 aromatic rings. The lowest BCUT2D eigenvalue weighted by Crippen LogP contribution is -2.27. The highest BCUT2D eigenvalue weighted by molar-refractivity contribution is 9.10. The summed E-state index contributed by atoms with van der Waals surface area (Å²) in [7, 11) is 0. The van der Waals surface area contributed by atoms with Gasteiger partial charge in [-0.3, -0.25) is 0 Å². The number of rotatable bonds is 7. The third-order valence-electron chi connectivity index (χ3n) is 3.94. The van der Waals surface area contributed by atoms with Crippen molar-refractivity contribution in [2.24, 2.45) is 5.92 Å². The lowest BCUT2D eigenvalue weighted by Gasteiger charge is -2.25. The monoisotopic (exact) mass is 309 g/mol. The van der Waals surface area contributed by atoms with Gasteiger partial charge in [0.05, 0.1) is 0 Å². The van der Waals surface area contributed by atoms with Gasteiger partial charge in [0.1, 0.15) is 0 Å². The molecule has 1 nitrogen and oxygen atoms in total. The summed E-state index contributed by atoms with van der Waals surface area (Å²) in [6, 6.07) is 9.49. The van der Waals surface area contributed by atoms with Gasteiger partial charge in [-0.05, 0) is 30.4 Å². The van der Waals surface area contributed by atoms with E-state index < -0.39 is 0 Å². The van der Waals surface area contributed by atoms with Crippen LogP contribution in [0.1, 0.15) is 51.0 Å². The Hall–Kier alpha value is -0.340. The molecule has 18 heavy (non-hydrogen) atoms. The number of nitrogens with one attached hydrogen (secondary N) is 1. The minimum absolute atomic E-state index is 0.626. The smallest absolute Gasteiger partial charge is 0.0210 e. The summed E-state index contributed by atoms with van der Waals surface area (Å²) in [5, 5.41) is 3.70. The lowest BCUT2D eigenvalue weighted by atomic mass is 9.84. The molecule has 1 aliphatic rings. The maximum Gasteiger partial charge on any atom is 0.0210 e. The van der Waals surface area contributed by atoms with Gasteiger partial charge in [-0.25, -0.2) is 0 Å². The van der Waals surface area contributed by atoms with Crippen LogP contribution in [0.4, 0.5) is 0 Å². The first kappa shape index (κ1) is 14.1. The average molecular weight is 310 g/mol. The van der Waals surface area contributed by atoms with E-state index in [9.17, 15) is 0 Å². The fraction of sp³-hybridized carbons (Fsp3) is 0.625. The van der Waals surface area contributed by atoms with Gasteiger partial charge in [0, 0.05) is 23.0 Å². The summed E-state index contributed by atoms with van der Waals surface area (Å²) in [6.07, 6.45) is 5.31. The largest absolute Gasteiger partial charge is 0.313 e. The number of hydrogen-bond acceptors (Lipinski definition) is 1. The van der Waals surface area contributed by atoms with Crippen LogP contribution < -0.4 is 5.32 Å². The molecule has 100 valence electrons. The highest BCUT2D eigenvalue weighted by atomic mass is 79.9. The van der Waals surface area contributed by atoms with Crippen LogP contribution in [0.5, 0.6) is 0 Å². The Morgan fingerprint density at radius 1 is 1.33 bits per heavy atom. The van der Waals surface area contributed by atoms with E-state index in [4.69, 9.17) is 0 Å². The van der Waals surface area contributed by atoms with Crippen molar-refractivity contribution in [2.45, 2.75) is 51.5 Å². The van der Waals surface area contributed by atoms with Crippen LogP contribution in [-0.4, -0.2) is 12.6 Å².